The number of hydrogen-bond acceptors (Lipinski definition) is 4. The quantitative estimate of drug-likeness (QED) is 0.469. The molecule has 0 spiro atoms. The van der Waals surface area contributed by atoms with Gasteiger partial charge in [-0.1, -0.05) is 78.0 Å². The second-order valence-electron chi connectivity index (χ2n) is 6.94. The molecule has 0 fully saturated rings. The van der Waals surface area contributed by atoms with E-state index in [1.54, 1.807) is 6.07 Å². The Bertz CT molecular complexity index is 1130. The maximum absolute atomic E-state index is 12.6. The van der Waals surface area contributed by atoms with E-state index < -0.39 is 10.0 Å². The lowest BCUT2D eigenvalue weighted by molar-refractivity contribution is 0.448. The molecular formula is C23H22N2O3S. The van der Waals surface area contributed by atoms with Crippen LogP contribution >= 0.6 is 0 Å². The van der Waals surface area contributed by atoms with Crippen LogP contribution in [-0.4, -0.2) is 20.1 Å². The number of nitrogens with one attached hydrogen (secondary N) is 1. The van der Waals surface area contributed by atoms with Crippen molar-refractivity contribution >= 4 is 21.0 Å². The van der Waals surface area contributed by atoms with Crippen molar-refractivity contribution in [3.63, 3.8) is 0 Å². The van der Waals surface area contributed by atoms with Crippen molar-refractivity contribution in [2.45, 2.75) is 18.1 Å². The first-order chi connectivity index (χ1) is 14.1. The number of nitrogens with zero attached hydrogens (tertiary/aromatic N) is 1. The molecule has 0 radical (unpaired) electrons. The SMILES string of the molecule is O=S(=O)(Cc1noc2ccccc12)NCCC(c1ccccc1)c1ccccc1. The van der Waals surface area contributed by atoms with E-state index >= 15 is 0 Å². The Morgan fingerprint density at radius 3 is 2.07 bits per heavy atom. The van der Waals surface area contributed by atoms with Gasteiger partial charge < -0.3 is 4.52 Å². The summed E-state index contributed by atoms with van der Waals surface area (Å²) >= 11 is 0. The molecular weight excluding hydrogens is 384 g/mol. The van der Waals surface area contributed by atoms with Gasteiger partial charge in [-0.3, -0.25) is 0 Å². The molecule has 0 aliphatic carbocycles. The van der Waals surface area contributed by atoms with Crippen molar-refractivity contribution in [1.29, 1.82) is 0 Å². The molecule has 0 aliphatic heterocycles. The van der Waals surface area contributed by atoms with Gasteiger partial charge in [-0.25, -0.2) is 13.1 Å². The fourth-order valence-corrected chi connectivity index (χ4v) is 4.63. The van der Waals surface area contributed by atoms with E-state index in [9.17, 15) is 8.42 Å². The van der Waals surface area contributed by atoms with Gasteiger partial charge in [0.2, 0.25) is 10.0 Å². The molecule has 5 nitrogen and oxygen atoms in total. The van der Waals surface area contributed by atoms with Crippen LogP contribution in [0.1, 0.15) is 29.2 Å². The summed E-state index contributed by atoms with van der Waals surface area (Å²) in [4.78, 5) is 0. The zero-order valence-electron chi connectivity index (χ0n) is 15.9. The van der Waals surface area contributed by atoms with Crippen LogP contribution in [0, 0.1) is 0 Å². The van der Waals surface area contributed by atoms with E-state index in [2.05, 4.69) is 34.1 Å². The summed E-state index contributed by atoms with van der Waals surface area (Å²) in [5, 5.41) is 4.65. The summed E-state index contributed by atoms with van der Waals surface area (Å²) in [7, 11) is -3.53. The predicted octanol–water partition coefficient (Wildman–Crippen LogP) is 4.47. The van der Waals surface area contributed by atoms with Crippen molar-refractivity contribution < 1.29 is 12.9 Å². The first-order valence-electron chi connectivity index (χ1n) is 9.53. The second-order valence-corrected chi connectivity index (χ2v) is 8.75. The fourth-order valence-electron chi connectivity index (χ4n) is 3.53. The lowest BCUT2D eigenvalue weighted by Gasteiger charge is -2.18. The lowest BCUT2D eigenvalue weighted by Crippen LogP contribution is -2.27. The molecule has 0 amide bonds. The van der Waals surface area contributed by atoms with Crippen LogP contribution in [0.25, 0.3) is 11.0 Å². The van der Waals surface area contributed by atoms with E-state index in [4.69, 9.17) is 4.52 Å². The Labute approximate surface area is 170 Å². The largest absolute Gasteiger partial charge is 0.356 e. The topological polar surface area (TPSA) is 72.2 Å². The van der Waals surface area contributed by atoms with Gasteiger partial charge in [0.15, 0.2) is 5.58 Å². The van der Waals surface area contributed by atoms with Gasteiger partial charge in [-0.2, -0.15) is 0 Å². The smallest absolute Gasteiger partial charge is 0.217 e. The average Bonchev–Trinajstić information content (AvgIpc) is 3.15. The highest BCUT2D eigenvalue weighted by Crippen LogP contribution is 2.27. The maximum Gasteiger partial charge on any atom is 0.217 e. The number of benzene rings is 3. The third-order valence-corrected chi connectivity index (χ3v) is 6.24. The Kier molecular flexibility index (Phi) is 5.74. The zero-order valence-corrected chi connectivity index (χ0v) is 16.7. The molecule has 0 unspecified atom stereocenters. The van der Waals surface area contributed by atoms with Crippen LogP contribution in [0.2, 0.25) is 0 Å². The highest BCUT2D eigenvalue weighted by molar-refractivity contribution is 7.88. The number of fused-ring (bicyclic) bond motifs is 1. The van der Waals surface area contributed by atoms with Crippen LogP contribution < -0.4 is 4.72 Å². The number of hydrogen-bond donors (Lipinski definition) is 1. The number of rotatable bonds is 8. The first-order valence-corrected chi connectivity index (χ1v) is 11.2. The summed E-state index contributed by atoms with van der Waals surface area (Å²) < 4.78 is 33.1. The molecule has 4 rings (SSSR count). The molecule has 1 heterocycles. The molecule has 0 saturated heterocycles. The van der Waals surface area contributed by atoms with Crippen LogP contribution in [0.5, 0.6) is 0 Å². The normalized spacial score (nSPS) is 11.9. The molecule has 0 aliphatic rings. The summed E-state index contributed by atoms with van der Waals surface area (Å²) in [6, 6.07) is 27.6. The van der Waals surface area contributed by atoms with Gasteiger partial charge in [0.1, 0.15) is 11.4 Å². The number of aromatic nitrogens is 1. The molecule has 3 aromatic carbocycles. The minimum Gasteiger partial charge on any atom is -0.356 e. The highest BCUT2D eigenvalue weighted by atomic mass is 32.2. The fraction of sp³-hybridized carbons (Fsp3) is 0.174. The molecule has 29 heavy (non-hydrogen) atoms. The van der Waals surface area contributed by atoms with Gasteiger partial charge in [0.25, 0.3) is 0 Å². The van der Waals surface area contributed by atoms with Crippen molar-refractivity contribution in [2.24, 2.45) is 0 Å². The van der Waals surface area contributed by atoms with Gasteiger partial charge in [0.05, 0.1) is 0 Å². The second kappa shape index (κ2) is 8.59. The molecule has 1 N–H and O–H groups in total. The number of para-hydroxylation sites is 1. The molecule has 0 saturated carbocycles. The minimum absolute atomic E-state index is 0.119. The Morgan fingerprint density at radius 2 is 1.41 bits per heavy atom. The van der Waals surface area contributed by atoms with Gasteiger partial charge in [-0.15, -0.1) is 0 Å². The average molecular weight is 407 g/mol. The monoisotopic (exact) mass is 406 g/mol. The van der Waals surface area contributed by atoms with Crippen molar-refractivity contribution in [3.8, 4) is 0 Å². The molecule has 148 valence electrons. The van der Waals surface area contributed by atoms with Crippen molar-refractivity contribution in [3.05, 3.63) is 102 Å². The Hall–Kier alpha value is -2.96. The Morgan fingerprint density at radius 1 is 0.828 bits per heavy atom. The van der Waals surface area contributed by atoms with E-state index in [-0.39, 0.29) is 11.7 Å². The molecule has 1 aromatic heterocycles. The van der Waals surface area contributed by atoms with Gasteiger partial charge >= 0.3 is 0 Å². The Balaban J connectivity index is 1.45. The van der Waals surface area contributed by atoms with Crippen LogP contribution in [0.15, 0.2) is 89.5 Å². The zero-order chi connectivity index (χ0) is 20.1. The summed E-state index contributed by atoms with van der Waals surface area (Å²) in [6.07, 6.45) is 0.660. The van der Waals surface area contributed by atoms with Crippen molar-refractivity contribution in [2.75, 3.05) is 6.54 Å². The van der Waals surface area contributed by atoms with Crippen LogP contribution in [0.4, 0.5) is 0 Å². The van der Waals surface area contributed by atoms with E-state index in [1.807, 2.05) is 54.6 Å². The van der Waals surface area contributed by atoms with E-state index in [1.165, 1.54) is 11.1 Å². The third-order valence-electron chi connectivity index (χ3n) is 4.94. The molecule has 0 atom stereocenters. The van der Waals surface area contributed by atoms with Gasteiger partial charge in [0, 0.05) is 17.8 Å². The number of sulfonamides is 1. The summed E-state index contributed by atoms with van der Waals surface area (Å²) in [5.74, 6) is -0.0845. The first kappa shape index (κ1) is 19.4. The summed E-state index contributed by atoms with van der Waals surface area (Å²) in [5.41, 5.74) is 3.35. The van der Waals surface area contributed by atoms with Crippen LogP contribution in [-0.2, 0) is 15.8 Å². The molecule has 6 heteroatoms. The summed E-state index contributed by atoms with van der Waals surface area (Å²) in [6.45, 7) is 0.340. The predicted molar refractivity (Wildman–Crippen MR) is 114 cm³/mol. The standard InChI is InChI=1S/C23H22N2O3S/c26-29(27,17-22-21-13-7-8-14-23(21)28-25-22)24-16-15-20(18-9-3-1-4-10-18)19-11-5-2-6-12-19/h1-14,20,24H,15-17H2. The van der Waals surface area contributed by atoms with Crippen molar-refractivity contribution in [1.82, 2.24) is 9.88 Å². The molecule has 0 bridgehead atoms. The highest BCUT2D eigenvalue weighted by Gasteiger charge is 2.19. The van der Waals surface area contributed by atoms with E-state index in [0.717, 1.165) is 5.39 Å². The maximum atomic E-state index is 12.6. The third kappa shape index (κ3) is 4.72. The minimum atomic E-state index is -3.53. The van der Waals surface area contributed by atoms with Crippen LogP contribution in [0.3, 0.4) is 0 Å². The molecule has 4 aromatic rings. The van der Waals surface area contributed by atoms with Gasteiger partial charge in [-0.05, 0) is 29.7 Å². The lowest BCUT2D eigenvalue weighted by atomic mass is 9.89. The van der Waals surface area contributed by atoms with E-state index in [0.29, 0.717) is 24.2 Å².